The molecular formula is C12H21O5-. The van der Waals surface area contributed by atoms with Crippen LogP contribution in [0.5, 0.6) is 0 Å². The molecule has 0 bridgehead atoms. The van der Waals surface area contributed by atoms with Gasteiger partial charge in [-0.1, -0.05) is 6.08 Å². The Bertz CT molecular complexity index is 225. The Morgan fingerprint density at radius 2 is 1.59 bits per heavy atom. The van der Waals surface area contributed by atoms with Crippen molar-refractivity contribution in [3.63, 3.8) is 0 Å². The molecule has 0 rings (SSSR count). The van der Waals surface area contributed by atoms with Gasteiger partial charge in [-0.25, -0.2) is 0 Å². The van der Waals surface area contributed by atoms with Gasteiger partial charge in [-0.3, -0.25) is 0 Å². The van der Waals surface area contributed by atoms with Crippen LogP contribution in [-0.2, 0) is 19.0 Å². The second-order valence-electron chi connectivity index (χ2n) is 3.38. The van der Waals surface area contributed by atoms with Crippen molar-refractivity contribution in [2.45, 2.75) is 20.3 Å². The van der Waals surface area contributed by atoms with E-state index in [4.69, 9.17) is 14.2 Å². The monoisotopic (exact) mass is 245 g/mol. The molecule has 5 nitrogen and oxygen atoms in total. The smallest absolute Gasteiger partial charge is 0.0701 e. The van der Waals surface area contributed by atoms with Crippen LogP contribution in [0.3, 0.4) is 0 Å². The standard InChI is InChI=1S/C12H22O5/c1-3-15-7-8-17-10-9-16-6-4-5-11(2)12(13)14/h5H,3-4,6-10H2,1-2H3,(H,13,14)/p-1/b11-5+. The van der Waals surface area contributed by atoms with Gasteiger partial charge in [-0.05, 0) is 25.8 Å². The summed E-state index contributed by atoms with van der Waals surface area (Å²) in [4.78, 5) is 10.3. The Balaban J connectivity index is 3.19. The molecule has 0 fully saturated rings. The number of rotatable bonds is 11. The summed E-state index contributed by atoms with van der Waals surface area (Å²) in [6, 6.07) is 0. The van der Waals surface area contributed by atoms with Crippen LogP contribution in [0, 0.1) is 0 Å². The van der Waals surface area contributed by atoms with Crippen molar-refractivity contribution in [2.75, 3.05) is 39.6 Å². The first-order valence-electron chi connectivity index (χ1n) is 5.79. The van der Waals surface area contributed by atoms with Crippen molar-refractivity contribution >= 4 is 5.97 Å². The van der Waals surface area contributed by atoms with Gasteiger partial charge in [-0.2, -0.15) is 0 Å². The lowest BCUT2D eigenvalue weighted by Crippen LogP contribution is -2.23. The lowest BCUT2D eigenvalue weighted by molar-refractivity contribution is -0.299. The summed E-state index contributed by atoms with van der Waals surface area (Å²) in [5, 5.41) is 10.3. The van der Waals surface area contributed by atoms with Crippen LogP contribution in [0.15, 0.2) is 11.6 Å². The van der Waals surface area contributed by atoms with E-state index >= 15 is 0 Å². The Morgan fingerprint density at radius 3 is 2.12 bits per heavy atom. The van der Waals surface area contributed by atoms with Gasteiger partial charge in [0.2, 0.25) is 0 Å². The van der Waals surface area contributed by atoms with Crippen LogP contribution in [0.4, 0.5) is 0 Å². The van der Waals surface area contributed by atoms with Crippen LogP contribution in [0.25, 0.3) is 0 Å². The summed E-state index contributed by atoms with van der Waals surface area (Å²) < 4.78 is 15.6. The number of carboxylic acid groups (broad SMARTS) is 1. The highest BCUT2D eigenvalue weighted by molar-refractivity contribution is 5.83. The lowest BCUT2D eigenvalue weighted by atomic mass is 10.2. The van der Waals surface area contributed by atoms with Gasteiger partial charge in [0, 0.05) is 6.61 Å². The quantitative estimate of drug-likeness (QED) is 0.382. The molecule has 0 radical (unpaired) electrons. The molecule has 0 N–H and O–H groups in total. The Morgan fingerprint density at radius 1 is 1.06 bits per heavy atom. The van der Waals surface area contributed by atoms with Crippen LogP contribution < -0.4 is 5.11 Å². The van der Waals surface area contributed by atoms with E-state index in [1.54, 1.807) is 6.08 Å². The minimum atomic E-state index is -1.13. The maximum Gasteiger partial charge on any atom is 0.0701 e. The molecule has 0 heterocycles. The number of hydrogen-bond donors (Lipinski definition) is 0. The van der Waals surface area contributed by atoms with E-state index in [1.807, 2.05) is 6.92 Å². The molecule has 0 atom stereocenters. The number of hydrogen-bond acceptors (Lipinski definition) is 5. The third-order valence-electron chi connectivity index (χ3n) is 1.98. The Labute approximate surface area is 102 Å². The fourth-order valence-electron chi connectivity index (χ4n) is 1.03. The summed E-state index contributed by atoms with van der Waals surface area (Å²) in [5.74, 6) is -1.13. The summed E-state index contributed by atoms with van der Waals surface area (Å²) in [6.07, 6.45) is 2.16. The van der Waals surface area contributed by atoms with Crippen LogP contribution in [0.2, 0.25) is 0 Å². The largest absolute Gasteiger partial charge is 0.545 e. The first-order chi connectivity index (χ1) is 8.18. The molecule has 0 saturated carbocycles. The molecule has 100 valence electrons. The third kappa shape index (κ3) is 11.4. The maximum absolute atomic E-state index is 10.3. The molecule has 5 heteroatoms. The average Bonchev–Trinajstić information content (AvgIpc) is 2.31. The molecule has 17 heavy (non-hydrogen) atoms. The van der Waals surface area contributed by atoms with Gasteiger partial charge in [-0.15, -0.1) is 0 Å². The minimum absolute atomic E-state index is 0.238. The van der Waals surface area contributed by atoms with E-state index in [0.29, 0.717) is 46.1 Å². The van der Waals surface area contributed by atoms with E-state index in [1.165, 1.54) is 6.92 Å². The molecule has 0 aliphatic heterocycles. The molecule has 0 spiro atoms. The molecule has 0 saturated heterocycles. The zero-order chi connectivity index (χ0) is 12.9. The Hall–Kier alpha value is -0.910. The fourth-order valence-corrected chi connectivity index (χ4v) is 1.03. The van der Waals surface area contributed by atoms with Crippen molar-refractivity contribution < 1.29 is 24.1 Å². The van der Waals surface area contributed by atoms with E-state index in [-0.39, 0.29) is 5.57 Å². The van der Waals surface area contributed by atoms with Crippen molar-refractivity contribution in [1.82, 2.24) is 0 Å². The molecular weight excluding hydrogens is 224 g/mol. The third-order valence-corrected chi connectivity index (χ3v) is 1.98. The molecule has 0 aromatic rings. The highest BCUT2D eigenvalue weighted by Crippen LogP contribution is 1.94. The SMILES string of the molecule is CCOCCOCCOCC/C=C(\C)C(=O)[O-]. The predicted octanol–water partition coefficient (Wildman–Crippen LogP) is 0.142. The van der Waals surface area contributed by atoms with E-state index in [9.17, 15) is 9.90 Å². The van der Waals surface area contributed by atoms with Crippen LogP contribution in [0.1, 0.15) is 20.3 Å². The second-order valence-corrected chi connectivity index (χ2v) is 3.38. The molecule has 0 amide bonds. The number of carboxylic acids is 1. The van der Waals surface area contributed by atoms with Gasteiger partial charge in [0.1, 0.15) is 0 Å². The molecule has 0 unspecified atom stereocenters. The summed E-state index contributed by atoms with van der Waals surface area (Å²) in [5.41, 5.74) is 0.238. The topological polar surface area (TPSA) is 67.8 Å². The predicted molar refractivity (Wildman–Crippen MR) is 61.5 cm³/mol. The highest BCUT2D eigenvalue weighted by Gasteiger charge is 1.91. The van der Waals surface area contributed by atoms with E-state index < -0.39 is 5.97 Å². The van der Waals surface area contributed by atoms with Gasteiger partial charge >= 0.3 is 0 Å². The van der Waals surface area contributed by atoms with Crippen molar-refractivity contribution in [3.8, 4) is 0 Å². The zero-order valence-corrected chi connectivity index (χ0v) is 10.6. The van der Waals surface area contributed by atoms with Crippen LogP contribution in [-0.4, -0.2) is 45.6 Å². The lowest BCUT2D eigenvalue weighted by Gasteiger charge is -2.05. The number of ether oxygens (including phenoxy) is 3. The zero-order valence-electron chi connectivity index (χ0n) is 10.6. The first-order valence-corrected chi connectivity index (χ1v) is 5.79. The minimum Gasteiger partial charge on any atom is -0.545 e. The van der Waals surface area contributed by atoms with Crippen molar-refractivity contribution in [3.05, 3.63) is 11.6 Å². The van der Waals surface area contributed by atoms with Crippen molar-refractivity contribution in [2.24, 2.45) is 0 Å². The van der Waals surface area contributed by atoms with Crippen LogP contribution >= 0.6 is 0 Å². The van der Waals surface area contributed by atoms with E-state index in [2.05, 4.69) is 0 Å². The van der Waals surface area contributed by atoms with Gasteiger partial charge in [0.05, 0.1) is 39.0 Å². The molecule has 0 aromatic carbocycles. The van der Waals surface area contributed by atoms with Gasteiger partial charge < -0.3 is 24.1 Å². The van der Waals surface area contributed by atoms with Gasteiger partial charge in [0.25, 0.3) is 0 Å². The Kier molecular flexibility index (Phi) is 11.0. The van der Waals surface area contributed by atoms with Crippen molar-refractivity contribution in [1.29, 1.82) is 0 Å². The summed E-state index contributed by atoms with van der Waals surface area (Å²) in [6.45, 7) is 6.83. The normalized spacial score (nSPS) is 11.8. The first kappa shape index (κ1) is 16.1. The summed E-state index contributed by atoms with van der Waals surface area (Å²) in [7, 11) is 0. The number of aliphatic carboxylic acids is 1. The molecule has 0 aliphatic carbocycles. The van der Waals surface area contributed by atoms with E-state index in [0.717, 1.165) is 0 Å². The molecule has 0 aliphatic rings. The highest BCUT2D eigenvalue weighted by atomic mass is 16.5. The fraction of sp³-hybridized carbons (Fsp3) is 0.750. The van der Waals surface area contributed by atoms with Gasteiger partial charge in [0.15, 0.2) is 0 Å². The second kappa shape index (κ2) is 11.6. The maximum atomic E-state index is 10.3. The molecule has 0 aromatic heterocycles. The summed E-state index contributed by atoms with van der Waals surface area (Å²) >= 11 is 0. The number of carbonyl (C=O) groups is 1. The number of carbonyl (C=O) groups excluding carboxylic acids is 1. The average molecular weight is 245 g/mol.